The monoisotopic (exact) mass is 761 g/mol. The number of pyridine rings is 1. The lowest BCUT2D eigenvalue weighted by atomic mass is 9.94. The molecule has 8 nitrogen and oxygen atoms in total. The summed E-state index contributed by atoms with van der Waals surface area (Å²) in [4.78, 5) is 18.1. The molecule has 6 rings (SSSR count). The van der Waals surface area contributed by atoms with Crippen molar-refractivity contribution in [3.63, 3.8) is 0 Å². The molecule has 1 amide bonds. The van der Waals surface area contributed by atoms with Gasteiger partial charge in [0.2, 0.25) is 0 Å². The molecule has 0 fully saturated rings. The summed E-state index contributed by atoms with van der Waals surface area (Å²) in [5.74, 6) is -5.25. The maximum absolute atomic E-state index is 14.9. The molecule has 0 bridgehead atoms. The Hall–Kier alpha value is -4.02. The maximum Gasteiger partial charge on any atom is 0.435 e. The van der Waals surface area contributed by atoms with Gasteiger partial charge in [-0.3, -0.25) is 4.68 Å². The highest BCUT2D eigenvalue weighted by molar-refractivity contribution is 7.99. The van der Waals surface area contributed by atoms with Crippen LogP contribution in [0.5, 0.6) is 0 Å². The average Bonchev–Trinajstić information content (AvgIpc) is 3.70. The molecule has 1 aliphatic rings. The highest BCUT2D eigenvalue weighted by Crippen LogP contribution is 2.47. The molecule has 0 radical (unpaired) electrons. The molecule has 3 heterocycles. The molecule has 266 valence electrons. The first-order valence-corrected chi connectivity index (χ1v) is 17.0. The molecule has 50 heavy (non-hydrogen) atoms. The van der Waals surface area contributed by atoms with Crippen LogP contribution in [-0.4, -0.2) is 36.8 Å². The van der Waals surface area contributed by atoms with Gasteiger partial charge in [-0.15, -0.1) is 0 Å². The molecule has 2 aromatic carbocycles. The van der Waals surface area contributed by atoms with Gasteiger partial charge in [-0.2, -0.15) is 36.8 Å². The van der Waals surface area contributed by atoms with E-state index in [9.17, 15) is 35.5 Å². The van der Waals surface area contributed by atoms with E-state index in [-0.39, 0.29) is 21.1 Å². The van der Waals surface area contributed by atoms with Crippen molar-refractivity contribution in [3.05, 3.63) is 92.5 Å². The van der Waals surface area contributed by atoms with E-state index in [0.717, 1.165) is 12.1 Å². The van der Waals surface area contributed by atoms with E-state index >= 15 is 0 Å². The summed E-state index contributed by atoms with van der Waals surface area (Å²) in [6.45, 7) is 4.00. The quantitative estimate of drug-likeness (QED) is 0.0976. The van der Waals surface area contributed by atoms with E-state index in [2.05, 4.69) is 25.2 Å². The topological polar surface area (TPSA) is 89.7 Å². The van der Waals surface area contributed by atoms with Crippen LogP contribution < -0.4 is 10.0 Å². The van der Waals surface area contributed by atoms with Crippen LogP contribution in [0.2, 0.25) is 10.2 Å². The van der Waals surface area contributed by atoms with E-state index in [1.165, 1.54) is 22.7 Å². The summed E-state index contributed by atoms with van der Waals surface area (Å²) in [5, 5.41) is 11.0. The Morgan fingerprint density at radius 1 is 1.04 bits per heavy atom. The largest absolute Gasteiger partial charge is 0.435 e. The summed E-state index contributed by atoms with van der Waals surface area (Å²) in [5.41, 5.74) is -2.30. The minimum Gasteiger partial charge on any atom is -0.327 e. The van der Waals surface area contributed by atoms with Crippen molar-refractivity contribution in [2.45, 2.75) is 51.3 Å². The highest BCUT2D eigenvalue weighted by atomic mass is 35.5. The number of benzene rings is 2. The molecule has 1 atom stereocenters. The van der Waals surface area contributed by atoms with Crippen LogP contribution >= 0.6 is 35.1 Å². The van der Waals surface area contributed by atoms with Crippen molar-refractivity contribution in [3.8, 4) is 11.1 Å². The fraction of sp³-hybridized carbons (Fsp3) is 0.312. The van der Waals surface area contributed by atoms with Gasteiger partial charge in [0.15, 0.2) is 11.5 Å². The van der Waals surface area contributed by atoms with Crippen LogP contribution in [0.3, 0.4) is 0 Å². The number of halogens is 9. The van der Waals surface area contributed by atoms with E-state index in [0.29, 0.717) is 38.9 Å². The molecule has 0 aliphatic heterocycles. The minimum absolute atomic E-state index is 0.00340. The summed E-state index contributed by atoms with van der Waals surface area (Å²) in [6, 6.07) is 5.96. The molecule has 3 aromatic heterocycles. The van der Waals surface area contributed by atoms with Crippen LogP contribution in [0.4, 0.5) is 41.3 Å². The zero-order valence-electron chi connectivity index (χ0n) is 26.7. The van der Waals surface area contributed by atoms with Crippen molar-refractivity contribution in [1.29, 1.82) is 0 Å². The van der Waals surface area contributed by atoms with Gasteiger partial charge in [0.05, 0.1) is 27.7 Å². The number of nitrogens with zero attached hydrogens (tertiary/aromatic N) is 5. The van der Waals surface area contributed by atoms with Gasteiger partial charge >= 0.3 is 12.2 Å². The number of anilines is 1. The van der Waals surface area contributed by atoms with E-state index < -0.39 is 72.0 Å². The third kappa shape index (κ3) is 7.10. The van der Waals surface area contributed by atoms with Crippen molar-refractivity contribution in [2.75, 3.05) is 11.0 Å². The van der Waals surface area contributed by atoms with Crippen LogP contribution in [0.1, 0.15) is 54.5 Å². The first-order chi connectivity index (χ1) is 23.6. The molecule has 0 spiro atoms. The lowest BCUT2D eigenvalue weighted by Gasteiger charge is -2.23. The Labute approximate surface area is 295 Å². The number of hydrogen-bond donors (Lipinski definition) is 2. The summed E-state index contributed by atoms with van der Waals surface area (Å²) >= 11 is 14.1. The maximum atomic E-state index is 14.9. The Morgan fingerprint density at radius 3 is 2.34 bits per heavy atom. The first kappa shape index (κ1) is 37.2. The van der Waals surface area contributed by atoms with E-state index in [1.807, 2.05) is 13.8 Å². The molecule has 0 saturated heterocycles. The van der Waals surface area contributed by atoms with Crippen LogP contribution in [-0.2, 0) is 32.0 Å². The van der Waals surface area contributed by atoms with Crippen LogP contribution in [0, 0.1) is 11.6 Å². The van der Waals surface area contributed by atoms with Crippen molar-refractivity contribution < 1.29 is 35.5 Å². The Kier molecular flexibility index (Phi) is 10.7. The summed E-state index contributed by atoms with van der Waals surface area (Å²) < 4.78 is 104. The lowest BCUT2D eigenvalue weighted by molar-refractivity contribution is -0.142. The van der Waals surface area contributed by atoms with Gasteiger partial charge in [0, 0.05) is 42.5 Å². The van der Waals surface area contributed by atoms with E-state index in [4.69, 9.17) is 23.2 Å². The van der Waals surface area contributed by atoms with Gasteiger partial charge in [-0.25, -0.2) is 18.6 Å². The smallest absolute Gasteiger partial charge is 0.327 e. The zero-order chi connectivity index (χ0) is 36.7. The predicted molar refractivity (Wildman–Crippen MR) is 179 cm³/mol. The number of aryl methyl sites for hydroxylation is 1. The molecular formula is C32H28Cl2F7N7OS. The third-order valence-corrected chi connectivity index (χ3v) is 8.71. The van der Waals surface area contributed by atoms with Gasteiger partial charge in [-0.1, -0.05) is 55.1 Å². The summed E-state index contributed by atoms with van der Waals surface area (Å²) in [7, 11) is 1.65. The standard InChI is InChI=1S/C30H22Cl2F7N7OS.C2H6/c1-45-24-17(3-5-19(31)22(24)27(43-45)44-48-2)16-4-6-21(32)41-23(16)20(11-13-9-14(33)12-15(34)10-13)40-28(47)46-26-18(7-8-29(26,35)36)25(42-46)30(37,38)39;1-2/h3-6,9-10,12,20H,7-8,11H2,1-2H3,(H,40,47)(H,43,44);1-2H3. The number of alkyl halides is 5. The fourth-order valence-electron chi connectivity index (χ4n) is 5.94. The van der Waals surface area contributed by atoms with E-state index in [1.54, 1.807) is 31.5 Å². The Morgan fingerprint density at radius 2 is 1.70 bits per heavy atom. The second kappa shape index (κ2) is 14.3. The number of aromatic nitrogens is 5. The van der Waals surface area contributed by atoms with Gasteiger partial charge < -0.3 is 10.0 Å². The van der Waals surface area contributed by atoms with Crippen molar-refractivity contribution in [2.24, 2.45) is 7.05 Å². The van der Waals surface area contributed by atoms with Gasteiger partial charge in [0.1, 0.15) is 22.5 Å². The predicted octanol–water partition coefficient (Wildman–Crippen LogP) is 9.73. The molecule has 2 N–H and O–H groups in total. The molecule has 5 aromatic rings. The summed E-state index contributed by atoms with van der Waals surface area (Å²) in [6.07, 6.45) is -5.34. The van der Waals surface area contributed by atoms with Crippen molar-refractivity contribution in [1.82, 2.24) is 29.9 Å². The van der Waals surface area contributed by atoms with Gasteiger partial charge in [-0.05, 0) is 48.7 Å². The lowest BCUT2D eigenvalue weighted by Crippen LogP contribution is -2.37. The number of fused-ring (bicyclic) bond motifs is 2. The number of carbonyl (C=O) groups is 1. The molecule has 18 heteroatoms. The second-order valence-electron chi connectivity index (χ2n) is 10.9. The molecular weight excluding hydrogens is 734 g/mol. The molecule has 0 saturated carbocycles. The van der Waals surface area contributed by atoms with Gasteiger partial charge in [0.25, 0.3) is 5.92 Å². The minimum atomic E-state index is -5.12. The highest BCUT2D eigenvalue weighted by Gasteiger charge is 2.51. The Bertz CT molecular complexity index is 2060. The SMILES string of the molecule is CC.CSNc1nn(C)c2c(-c3ccc(Cl)nc3C(Cc3cc(F)cc(F)c3)NC(=O)n3nc(C(F)(F)F)c4c3C(F)(F)CC4)ccc(Cl)c12. The molecule has 1 unspecified atom stereocenters. The number of rotatable bonds is 7. The zero-order valence-corrected chi connectivity index (χ0v) is 29.0. The van der Waals surface area contributed by atoms with Crippen LogP contribution in [0.15, 0.2) is 42.5 Å². The fourth-order valence-corrected chi connectivity index (χ4v) is 6.67. The number of hydrogen-bond acceptors (Lipinski definition) is 6. The Balaban J connectivity index is 0.00000239. The number of amides is 1. The first-order valence-electron chi connectivity index (χ1n) is 15.0. The van der Waals surface area contributed by atoms with Crippen LogP contribution in [0.25, 0.3) is 22.0 Å². The number of nitrogens with one attached hydrogen (secondary N) is 2. The number of carbonyl (C=O) groups excluding carboxylic acids is 1. The van der Waals surface area contributed by atoms with Crippen molar-refractivity contribution >= 4 is 57.9 Å². The second-order valence-corrected chi connectivity index (χ2v) is 12.3. The normalized spacial score (nSPS) is 14.3. The molecule has 1 aliphatic carbocycles. The third-order valence-electron chi connectivity index (χ3n) is 7.79. The average molecular weight is 763 g/mol.